The van der Waals surface area contributed by atoms with Crippen LogP contribution in [0.1, 0.15) is 62.8 Å². The Balaban J connectivity index is 2.99. The van der Waals surface area contributed by atoms with Crippen LogP contribution in [0.3, 0.4) is 0 Å². The SMILES string of the molecule is CCCCC(CCC)Nc1nnc(C)c(C)c1C(N)=S. The zero-order valence-corrected chi connectivity index (χ0v) is 13.8. The smallest absolute Gasteiger partial charge is 0.159 e. The maximum Gasteiger partial charge on any atom is 0.159 e. The van der Waals surface area contributed by atoms with Gasteiger partial charge in [0.05, 0.1) is 11.3 Å². The molecule has 0 fully saturated rings. The first-order valence-electron chi connectivity index (χ1n) is 7.41. The predicted octanol–water partition coefficient (Wildman–Crippen LogP) is 3.50. The van der Waals surface area contributed by atoms with E-state index in [-0.39, 0.29) is 0 Å². The number of thiocarbonyl (C=S) groups is 1. The third-order valence-corrected chi connectivity index (χ3v) is 3.79. The van der Waals surface area contributed by atoms with Gasteiger partial charge in [-0.2, -0.15) is 5.10 Å². The fourth-order valence-corrected chi connectivity index (χ4v) is 2.54. The van der Waals surface area contributed by atoms with E-state index in [9.17, 15) is 0 Å². The number of rotatable bonds is 8. The Kier molecular flexibility index (Phi) is 6.85. The summed E-state index contributed by atoms with van der Waals surface area (Å²) in [4.78, 5) is 0.383. The maximum absolute atomic E-state index is 5.86. The highest BCUT2D eigenvalue weighted by Crippen LogP contribution is 2.21. The van der Waals surface area contributed by atoms with E-state index in [2.05, 4.69) is 29.4 Å². The molecule has 0 spiro atoms. The van der Waals surface area contributed by atoms with Gasteiger partial charge < -0.3 is 11.1 Å². The highest BCUT2D eigenvalue weighted by atomic mass is 32.1. The molecule has 1 atom stereocenters. The van der Waals surface area contributed by atoms with E-state index in [1.165, 1.54) is 12.8 Å². The largest absolute Gasteiger partial charge is 0.389 e. The van der Waals surface area contributed by atoms with Gasteiger partial charge >= 0.3 is 0 Å². The van der Waals surface area contributed by atoms with Crippen molar-refractivity contribution in [3.05, 3.63) is 16.8 Å². The molecule has 4 nitrogen and oxygen atoms in total. The van der Waals surface area contributed by atoms with E-state index in [4.69, 9.17) is 18.0 Å². The van der Waals surface area contributed by atoms with E-state index in [1.807, 2.05) is 13.8 Å². The van der Waals surface area contributed by atoms with Gasteiger partial charge in [-0.05, 0) is 32.3 Å². The summed E-state index contributed by atoms with van der Waals surface area (Å²) in [6, 6.07) is 0.407. The lowest BCUT2D eigenvalue weighted by molar-refractivity contribution is 0.562. The highest BCUT2D eigenvalue weighted by molar-refractivity contribution is 7.80. The molecule has 0 aliphatic heterocycles. The van der Waals surface area contributed by atoms with Crippen molar-refractivity contribution in [2.45, 2.75) is 65.8 Å². The second kappa shape index (κ2) is 8.15. The third-order valence-electron chi connectivity index (χ3n) is 3.59. The number of nitrogens with two attached hydrogens (primary N) is 1. The number of aromatic nitrogens is 2. The molecule has 0 aromatic carbocycles. The van der Waals surface area contributed by atoms with Crippen LogP contribution in [0.2, 0.25) is 0 Å². The zero-order chi connectivity index (χ0) is 15.1. The molecule has 0 aliphatic carbocycles. The lowest BCUT2D eigenvalue weighted by atomic mass is 10.0. The minimum atomic E-state index is 0.383. The summed E-state index contributed by atoms with van der Waals surface area (Å²) in [6.07, 6.45) is 5.80. The van der Waals surface area contributed by atoms with E-state index >= 15 is 0 Å². The van der Waals surface area contributed by atoms with Crippen molar-refractivity contribution in [3.63, 3.8) is 0 Å². The summed E-state index contributed by atoms with van der Waals surface area (Å²) >= 11 is 5.17. The summed E-state index contributed by atoms with van der Waals surface area (Å²) in [7, 11) is 0. The minimum Gasteiger partial charge on any atom is -0.389 e. The van der Waals surface area contributed by atoms with Crippen molar-refractivity contribution >= 4 is 23.0 Å². The fraction of sp³-hybridized carbons (Fsp3) is 0.667. The average molecular weight is 294 g/mol. The first-order chi connectivity index (χ1) is 9.51. The second-order valence-electron chi connectivity index (χ2n) is 5.27. The molecule has 20 heavy (non-hydrogen) atoms. The van der Waals surface area contributed by atoms with Gasteiger partial charge in [0.25, 0.3) is 0 Å². The number of hydrogen-bond donors (Lipinski definition) is 2. The van der Waals surface area contributed by atoms with E-state index in [0.29, 0.717) is 11.0 Å². The Labute approximate surface area is 127 Å². The van der Waals surface area contributed by atoms with Crippen LogP contribution in [0, 0.1) is 13.8 Å². The van der Waals surface area contributed by atoms with Gasteiger partial charge in [-0.25, -0.2) is 0 Å². The molecule has 0 bridgehead atoms. The third kappa shape index (κ3) is 4.40. The van der Waals surface area contributed by atoms with E-state index in [1.54, 1.807) is 0 Å². The predicted molar refractivity (Wildman–Crippen MR) is 89.2 cm³/mol. The second-order valence-corrected chi connectivity index (χ2v) is 5.71. The van der Waals surface area contributed by atoms with Crippen molar-refractivity contribution in [3.8, 4) is 0 Å². The van der Waals surface area contributed by atoms with Gasteiger partial charge in [0.2, 0.25) is 0 Å². The molecule has 1 heterocycles. The normalized spacial score (nSPS) is 12.2. The molecule has 1 aromatic heterocycles. The Morgan fingerprint density at radius 3 is 2.45 bits per heavy atom. The quantitative estimate of drug-likeness (QED) is 0.718. The standard InChI is InChI=1S/C15H26N4S/c1-5-7-9-12(8-6-2)17-15-13(14(16)20)10(3)11(4)18-19-15/h12H,5-9H2,1-4H3,(H2,16,20)(H,17,19). The molecule has 1 aromatic rings. The van der Waals surface area contributed by atoms with Crippen LogP contribution in [0.4, 0.5) is 5.82 Å². The molecule has 0 saturated carbocycles. The topological polar surface area (TPSA) is 63.8 Å². The number of unbranched alkanes of at least 4 members (excludes halogenated alkanes) is 1. The zero-order valence-electron chi connectivity index (χ0n) is 13.0. The molecular formula is C15H26N4S. The number of nitrogens with one attached hydrogen (secondary N) is 1. The summed E-state index contributed by atoms with van der Waals surface area (Å²) in [5.74, 6) is 0.732. The molecular weight excluding hydrogens is 268 g/mol. The van der Waals surface area contributed by atoms with Gasteiger partial charge in [0.15, 0.2) is 5.82 Å². The molecule has 5 heteroatoms. The van der Waals surface area contributed by atoms with Crippen molar-refractivity contribution < 1.29 is 0 Å². The highest BCUT2D eigenvalue weighted by Gasteiger charge is 2.16. The van der Waals surface area contributed by atoms with Gasteiger partial charge in [0.1, 0.15) is 4.99 Å². The first kappa shape index (κ1) is 16.8. The summed E-state index contributed by atoms with van der Waals surface area (Å²) in [5.41, 5.74) is 8.58. The first-order valence-corrected chi connectivity index (χ1v) is 7.82. The average Bonchev–Trinajstić information content (AvgIpc) is 2.40. The molecule has 3 N–H and O–H groups in total. The van der Waals surface area contributed by atoms with Gasteiger partial charge in [-0.15, -0.1) is 5.10 Å². The number of hydrogen-bond acceptors (Lipinski definition) is 4. The van der Waals surface area contributed by atoms with Crippen LogP contribution in [0.5, 0.6) is 0 Å². The summed E-state index contributed by atoms with van der Waals surface area (Å²) in [6.45, 7) is 8.32. The Morgan fingerprint density at radius 2 is 1.90 bits per heavy atom. The Hall–Kier alpha value is -1.23. The van der Waals surface area contributed by atoms with Gasteiger partial charge in [-0.1, -0.05) is 45.3 Å². The molecule has 112 valence electrons. The molecule has 0 aliphatic rings. The van der Waals surface area contributed by atoms with E-state index in [0.717, 1.165) is 41.9 Å². The van der Waals surface area contributed by atoms with Crippen molar-refractivity contribution in [2.75, 3.05) is 5.32 Å². The van der Waals surface area contributed by atoms with Crippen molar-refractivity contribution in [1.29, 1.82) is 0 Å². The lowest BCUT2D eigenvalue weighted by Crippen LogP contribution is -2.24. The number of aryl methyl sites for hydroxylation is 1. The van der Waals surface area contributed by atoms with Crippen LogP contribution in [-0.4, -0.2) is 21.2 Å². The minimum absolute atomic E-state index is 0.383. The molecule has 1 rings (SSSR count). The van der Waals surface area contributed by atoms with E-state index < -0.39 is 0 Å². The fourth-order valence-electron chi connectivity index (χ4n) is 2.29. The van der Waals surface area contributed by atoms with Crippen LogP contribution >= 0.6 is 12.2 Å². The van der Waals surface area contributed by atoms with Gasteiger partial charge in [-0.3, -0.25) is 0 Å². The molecule has 0 saturated heterocycles. The summed E-state index contributed by atoms with van der Waals surface area (Å²) in [5, 5.41) is 11.9. The van der Waals surface area contributed by atoms with Crippen LogP contribution < -0.4 is 11.1 Å². The summed E-state index contributed by atoms with van der Waals surface area (Å²) < 4.78 is 0. The maximum atomic E-state index is 5.86. The van der Waals surface area contributed by atoms with Crippen molar-refractivity contribution in [1.82, 2.24) is 10.2 Å². The Morgan fingerprint density at radius 1 is 1.20 bits per heavy atom. The molecule has 1 unspecified atom stereocenters. The van der Waals surface area contributed by atoms with Gasteiger partial charge in [0, 0.05) is 6.04 Å². The number of anilines is 1. The number of nitrogens with zero attached hydrogens (tertiary/aromatic N) is 2. The Bertz CT molecular complexity index is 459. The molecule has 0 radical (unpaired) electrons. The van der Waals surface area contributed by atoms with Crippen molar-refractivity contribution in [2.24, 2.45) is 5.73 Å². The van der Waals surface area contributed by atoms with Crippen LogP contribution in [-0.2, 0) is 0 Å². The monoisotopic (exact) mass is 294 g/mol. The lowest BCUT2D eigenvalue weighted by Gasteiger charge is -2.21. The van der Waals surface area contributed by atoms with Crippen LogP contribution in [0.15, 0.2) is 0 Å². The molecule has 0 amide bonds. The van der Waals surface area contributed by atoms with Crippen LogP contribution in [0.25, 0.3) is 0 Å².